The van der Waals surface area contributed by atoms with Crippen LogP contribution in [0.1, 0.15) is 24.6 Å². The number of methoxy groups -OCH3 is 1. The van der Waals surface area contributed by atoms with E-state index in [9.17, 15) is 4.79 Å². The van der Waals surface area contributed by atoms with E-state index in [4.69, 9.17) is 4.74 Å². The highest BCUT2D eigenvalue weighted by molar-refractivity contribution is 5.85. The predicted molar refractivity (Wildman–Crippen MR) is 94.9 cm³/mol. The van der Waals surface area contributed by atoms with Crippen molar-refractivity contribution in [3.8, 4) is 0 Å². The summed E-state index contributed by atoms with van der Waals surface area (Å²) in [5, 5.41) is 4.88. The minimum Gasteiger partial charge on any atom is -0.469 e. The van der Waals surface area contributed by atoms with Crippen molar-refractivity contribution in [3.05, 3.63) is 47.2 Å². The second kappa shape index (κ2) is 6.10. The highest BCUT2D eigenvalue weighted by Crippen LogP contribution is 2.38. The molecule has 1 saturated heterocycles. The summed E-state index contributed by atoms with van der Waals surface area (Å²) >= 11 is 0. The van der Waals surface area contributed by atoms with E-state index in [0.29, 0.717) is 0 Å². The maximum atomic E-state index is 12.5. The van der Waals surface area contributed by atoms with Crippen LogP contribution in [0, 0.1) is 11.8 Å². The van der Waals surface area contributed by atoms with E-state index in [2.05, 4.69) is 47.6 Å². The van der Waals surface area contributed by atoms with Crippen LogP contribution in [-0.4, -0.2) is 30.6 Å². The number of aromatic amines is 1. The van der Waals surface area contributed by atoms with Gasteiger partial charge >= 0.3 is 5.97 Å². The Morgan fingerprint density at radius 3 is 2.96 bits per heavy atom. The molecule has 2 N–H and O–H groups in total. The van der Waals surface area contributed by atoms with Crippen LogP contribution in [-0.2, 0) is 22.4 Å². The number of ether oxygens (including phenoxy) is 1. The lowest BCUT2D eigenvalue weighted by molar-refractivity contribution is -0.149. The van der Waals surface area contributed by atoms with Crippen LogP contribution < -0.4 is 5.32 Å². The third kappa shape index (κ3) is 2.37. The molecule has 0 spiro atoms. The van der Waals surface area contributed by atoms with Crippen molar-refractivity contribution in [2.45, 2.75) is 32.2 Å². The van der Waals surface area contributed by atoms with Crippen LogP contribution in [0.15, 0.2) is 35.9 Å². The fourth-order valence-corrected chi connectivity index (χ4v) is 4.59. The molecule has 1 aliphatic carbocycles. The van der Waals surface area contributed by atoms with Gasteiger partial charge in [0, 0.05) is 29.2 Å². The van der Waals surface area contributed by atoms with E-state index in [1.807, 2.05) is 0 Å². The summed E-state index contributed by atoms with van der Waals surface area (Å²) in [7, 11) is 1.50. The molecule has 126 valence electrons. The Balaban J connectivity index is 1.81. The average Bonchev–Trinajstić information content (AvgIpc) is 2.95. The van der Waals surface area contributed by atoms with Gasteiger partial charge in [-0.1, -0.05) is 29.8 Å². The average molecular weight is 324 g/mol. The second-order valence-corrected chi connectivity index (χ2v) is 6.88. The number of piperidine rings is 1. The number of aromatic nitrogens is 1. The first-order valence-electron chi connectivity index (χ1n) is 8.77. The number of esters is 1. The number of benzene rings is 1. The number of rotatable bonds is 1. The van der Waals surface area contributed by atoms with Gasteiger partial charge in [-0.25, -0.2) is 0 Å². The van der Waals surface area contributed by atoms with Gasteiger partial charge in [0.1, 0.15) is 0 Å². The standard InChI is InChI=1S/C20H24N2O2/c1-3-12-11-21-18-10-15-14-6-4-5-7-16(14)22-17(15)9-8-13(12)19(18)20(23)24-2/h3-7,13,18-19,21-22H,8-11H2,1-2H3/t13-,18-,19+/m1/s1. The zero-order chi connectivity index (χ0) is 16.7. The van der Waals surface area contributed by atoms with Gasteiger partial charge in [-0.3, -0.25) is 4.79 Å². The number of hydrogen-bond acceptors (Lipinski definition) is 3. The molecule has 1 aliphatic heterocycles. The highest BCUT2D eigenvalue weighted by Gasteiger charge is 2.42. The Bertz CT molecular complexity index is 805. The SMILES string of the molecule is CC=C1CN[C@@H]2Cc3c([nH]c4ccccc34)CC[C@H]1[C@@H]2C(=O)OC. The number of carbonyl (C=O) groups excluding carboxylic acids is 1. The number of fused-ring (bicyclic) bond motifs is 5. The predicted octanol–water partition coefficient (Wildman–Crippen LogP) is 2.98. The molecule has 3 atom stereocenters. The zero-order valence-corrected chi connectivity index (χ0v) is 14.3. The van der Waals surface area contributed by atoms with Gasteiger partial charge in [0.15, 0.2) is 0 Å². The number of carbonyl (C=O) groups is 1. The molecule has 1 fully saturated rings. The lowest BCUT2D eigenvalue weighted by Gasteiger charge is -2.40. The Hall–Kier alpha value is -2.07. The Labute approximate surface area is 142 Å². The maximum Gasteiger partial charge on any atom is 0.310 e. The largest absolute Gasteiger partial charge is 0.469 e. The molecule has 0 amide bonds. The van der Waals surface area contributed by atoms with E-state index in [1.165, 1.54) is 34.8 Å². The van der Waals surface area contributed by atoms with Crippen molar-refractivity contribution in [1.29, 1.82) is 0 Å². The van der Waals surface area contributed by atoms with Gasteiger partial charge in [-0.2, -0.15) is 0 Å². The highest BCUT2D eigenvalue weighted by atomic mass is 16.5. The van der Waals surface area contributed by atoms with Gasteiger partial charge in [0.05, 0.1) is 13.0 Å². The van der Waals surface area contributed by atoms with E-state index in [-0.39, 0.29) is 23.8 Å². The first-order chi connectivity index (χ1) is 11.7. The number of allylic oxidation sites excluding steroid dienone is 1. The van der Waals surface area contributed by atoms with Gasteiger partial charge in [0.25, 0.3) is 0 Å². The molecule has 24 heavy (non-hydrogen) atoms. The van der Waals surface area contributed by atoms with Crippen molar-refractivity contribution in [3.63, 3.8) is 0 Å². The third-order valence-corrected chi connectivity index (χ3v) is 5.79. The lowest BCUT2D eigenvalue weighted by atomic mass is 9.71. The van der Waals surface area contributed by atoms with Crippen LogP contribution >= 0.6 is 0 Å². The lowest BCUT2D eigenvalue weighted by Crippen LogP contribution is -2.52. The molecule has 0 unspecified atom stereocenters. The van der Waals surface area contributed by atoms with Crippen molar-refractivity contribution >= 4 is 16.9 Å². The van der Waals surface area contributed by atoms with E-state index in [0.717, 1.165) is 25.8 Å². The molecule has 2 aromatic rings. The fourth-order valence-electron chi connectivity index (χ4n) is 4.59. The Morgan fingerprint density at radius 1 is 1.33 bits per heavy atom. The molecular weight excluding hydrogens is 300 g/mol. The topological polar surface area (TPSA) is 54.1 Å². The van der Waals surface area contributed by atoms with E-state index >= 15 is 0 Å². The van der Waals surface area contributed by atoms with E-state index < -0.39 is 0 Å². The molecular formula is C20H24N2O2. The zero-order valence-electron chi connectivity index (χ0n) is 14.3. The summed E-state index contributed by atoms with van der Waals surface area (Å²) in [5.41, 5.74) is 5.22. The molecule has 2 aliphatic rings. The van der Waals surface area contributed by atoms with Gasteiger partial charge in [-0.05, 0) is 43.7 Å². The van der Waals surface area contributed by atoms with Crippen LogP contribution in [0.2, 0.25) is 0 Å². The molecule has 1 aromatic carbocycles. The van der Waals surface area contributed by atoms with Crippen LogP contribution in [0.4, 0.5) is 0 Å². The number of aryl methyl sites for hydroxylation is 1. The normalized spacial score (nSPS) is 28.2. The molecule has 4 rings (SSSR count). The number of para-hydroxylation sites is 1. The van der Waals surface area contributed by atoms with E-state index in [1.54, 1.807) is 0 Å². The summed E-state index contributed by atoms with van der Waals surface area (Å²) < 4.78 is 5.16. The Kier molecular flexibility index (Phi) is 3.93. The van der Waals surface area contributed by atoms with Gasteiger partial charge < -0.3 is 15.0 Å². The third-order valence-electron chi connectivity index (χ3n) is 5.79. The molecule has 1 aromatic heterocycles. The first kappa shape index (κ1) is 15.5. The van der Waals surface area contributed by atoms with Crippen LogP contribution in [0.25, 0.3) is 10.9 Å². The van der Waals surface area contributed by atoms with Gasteiger partial charge in [-0.15, -0.1) is 0 Å². The second-order valence-electron chi connectivity index (χ2n) is 6.88. The van der Waals surface area contributed by atoms with Crippen molar-refractivity contribution in [2.24, 2.45) is 11.8 Å². The van der Waals surface area contributed by atoms with Crippen molar-refractivity contribution in [2.75, 3.05) is 13.7 Å². The molecule has 4 nitrogen and oxygen atoms in total. The monoisotopic (exact) mass is 324 g/mol. The number of nitrogens with one attached hydrogen (secondary N) is 2. The first-order valence-corrected chi connectivity index (χ1v) is 8.77. The molecule has 2 heterocycles. The summed E-state index contributed by atoms with van der Waals surface area (Å²) in [6.45, 7) is 2.94. The van der Waals surface area contributed by atoms with Crippen molar-refractivity contribution < 1.29 is 9.53 Å². The summed E-state index contributed by atoms with van der Waals surface area (Å²) in [6.07, 6.45) is 4.99. The van der Waals surface area contributed by atoms with Crippen molar-refractivity contribution in [1.82, 2.24) is 10.3 Å². The smallest absolute Gasteiger partial charge is 0.310 e. The minimum absolute atomic E-state index is 0.0835. The molecule has 4 heteroatoms. The van der Waals surface area contributed by atoms with Crippen LogP contribution in [0.3, 0.4) is 0 Å². The fraction of sp³-hybridized carbons (Fsp3) is 0.450. The number of hydrogen-bond donors (Lipinski definition) is 2. The molecule has 0 saturated carbocycles. The molecule has 0 radical (unpaired) electrons. The minimum atomic E-state index is -0.100. The Morgan fingerprint density at radius 2 is 2.17 bits per heavy atom. The summed E-state index contributed by atoms with van der Waals surface area (Å²) in [4.78, 5) is 16.1. The van der Waals surface area contributed by atoms with Crippen LogP contribution in [0.5, 0.6) is 0 Å². The quantitative estimate of drug-likeness (QED) is 0.626. The molecule has 2 bridgehead atoms. The number of H-pyrrole nitrogens is 1. The summed E-state index contributed by atoms with van der Waals surface area (Å²) in [5.74, 6) is 0.0878. The summed E-state index contributed by atoms with van der Waals surface area (Å²) in [6, 6.07) is 8.59. The maximum absolute atomic E-state index is 12.5. The van der Waals surface area contributed by atoms with Gasteiger partial charge in [0.2, 0.25) is 0 Å².